The normalized spacial score (nSPS) is 13.4. The van der Waals surface area contributed by atoms with Gasteiger partial charge in [-0.15, -0.1) is 10.2 Å². The van der Waals surface area contributed by atoms with E-state index < -0.39 is 0 Å². The molecule has 2 heterocycles. The van der Waals surface area contributed by atoms with Gasteiger partial charge in [-0.3, -0.25) is 14.3 Å². The number of fused-ring (bicyclic) bond motifs is 1. The molecule has 1 aromatic heterocycles. The van der Waals surface area contributed by atoms with Gasteiger partial charge in [0.25, 0.3) is 0 Å². The number of amides is 1. The van der Waals surface area contributed by atoms with Crippen LogP contribution in [0.3, 0.4) is 0 Å². The van der Waals surface area contributed by atoms with Crippen LogP contribution in [0.1, 0.15) is 31.3 Å². The quantitative estimate of drug-likeness (QED) is 0.426. The maximum atomic E-state index is 13.5. The summed E-state index contributed by atoms with van der Waals surface area (Å²) in [5, 5.41) is 9.33. The number of carbonyl (C=O) groups excluding carboxylic acids is 1. The Hall–Kier alpha value is -3.11. The maximum Gasteiger partial charge on any atom is 0.233 e. The smallest absolute Gasteiger partial charge is 0.233 e. The summed E-state index contributed by atoms with van der Waals surface area (Å²) in [7, 11) is 3.92. The van der Waals surface area contributed by atoms with Crippen LogP contribution in [0.4, 0.5) is 4.39 Å². The second kappa shape index (κ2) is 10.4. The van der Waals surface area contributed by atoms with E-state index in [0.29, 0.717) is 24.0 Å². The zero-order valence-electron chi connectivity index (χ0n) is 19.7. The highest BCUT2D eigenvalue weighted by atomic mass is 32.2. The van der Waals surface area contributed by atoms with Gasteiger partial charge in [0, 0.05) is 18.8 Å². The number of thioether (sulfide) groups is 1. The summed E-state index contributed by atoms with van der Waals surface area (Å²) in [5.74, 6) is 2.02. The fourth-order valence-electron chi connectivity index (χ4n) is 3.56. The third-order valence-electron chi connectivity index (χ3n) is 5.76. The minimum Gasteiger partial charge on any atom is -0.454 e. The van der Waals surface area contributed by atoms with E-state index in [1.165, 1.54) is 23.9 Å². The predicted molar refractivity (Wildman–Crippen MR) is 128 cm³/mol. The largest absolute Gasteiger partial charge is 0.454 e. The molecule has 0 fully saturated rings. The van der Waals surface area contributed by atoms with Gasteiger partial charge in [-0.1, -0.05) is 17.8 Å². The predicted octanol–water partition coefficient (Wildman–Crippen LogP) is 3.90. The number of ether oxygens (including phenoxy) is 2. The zero-order valence-corrected chi connectivity index (χ0v) is 20.5. The molecule has 1 atom stereocenters. The van der Waals surface area contributed by atoms with E-state index in [1.807, 2.05) is 55.6 Å². The van der Waals surface area contributed by atoms with Crippen molar-refractivity contribution in [3.8, 4) is 17.2 Å². The Morgan fingerprint density at radius 3 is 2.59 bits per heavy atom. The molecule has 4 rings (SSSR count). The van der Waals surface area contributed by atoms with Gasteiger partial charge in [0.1, 0.15) is 5.82 Å². The number of rotatable bonds is 9. The summed E-state index contributed by atoms with van der Waals surface area (Å²) in [6, 6.07) is 11.9. The van der Waals surface area contributed by atoms with E-state index >= 15 is 0 Å². The molecule has 0 saturated heterocycles. The Balaban J connectivity index is 1.50. The first-order valence-corrected chi connectivity index (χ1v) is 12.0. The minimum absolute atomic E-state index is 0.0129. The number of benzene rings is 2. The lowest BCUT2D eigenvalue weighted by atomic mass is 10.2. The van der Waals surface area contributed by atoms with Crippen molar-refractivity contribution in [2.75, 3.05) is 33.2 Å². The lowest BCUT2D eigenvalue weighted by Gasteiger charge is -2.22. The van der Waals surface area contributed by atoms with Crippen LogP contribution in [0.2, 0.25) is 0 Å². The fourth-order valence-corrected chi connectivity index (χ4v) is 4.42. The molecule has 0 unspecified atom stereocenters. The summed E-state index contributed by atoms with van der Waals surface area (Å²) >= 11 is 1.32. The van der Waals surface area contributed by atoms with Crippen LogP contribution in [0.25, 0.3) is 5.69 Å². The van der Waals surface area contributed by atoms with Gasteiger partial charge in [-0.2, -0.15) is 0 Å². The van der Waals surface area contributed by atoms with Crippen LogP contribution < -0.4 is 9.47 Å². The molecule has 8 nitrogen and oxygen atoms in total. The van der Waals surface area contributed by atoms with Crippen LogP contribution in [-0.2, 0) is 11.3 Å². The first-order valence-electron chi connectivity index (χ1n) is 11.0. The highest BCUT2D eigenvalue weighted by Gasteiger charge is 2.23. The van der Waals surface area contributed by atoms with Crippen molar-refractivity contribution >= 4 is 17.7 Å². The molecule has 1 amide bonds. The number of aromatic nitrogens is 3. The summed E-state index contributed by atoms with van der Waals surface area (Å²) in [6.45, 7) is 5.23. The fraction of sp³-hybridized carbons (Fsp3) is 0.375. The Morgan fingerprint density at radius 2 is 1.88 bits per heavy atom. The van der Waals surface area contributed by atoms with E-state index in [0.717, 1.165) is 22.8 Å². The van der Waals surface area contributed by atoms with Crippen LogP contribution >= 0.6 is 11.8 Å². The van der Waals surface area contributed by atoms with E-state index in [1.54, 1.807) is 17.0 Å². The number of halogens is 1. The highest BCUT2D eigenvalue weighted by molar-refractivity contribution is 7.99. The van der Waals surface area contributed by atoms with Crippen molar-refractivity contribution in [3.63, 3.8) is 0 Å². The summed E-state index contributed by atoms with van der Waals surface area (Å²) in [4.78, 5) is 16.9. The summed E-state index contributed by atoms with van der Waals surface area (Å²) in [6.07, 6.45) is 0. The third-order valence-corrected chi connectivity index (χ3v) is 6.67. The molecule has 1 aliphatic rings. The molecule has 0 N–H and O–H groups in total. The standard InChI is InChI=1S/C24H28FN5O3S/c1-5-29(13-17-6-11-20-21(12-17)33-15-32-20)22(31)14-34-24-27-26-23(16(2)28(3)4)30(24)19-9-7-18(25)8-10-19/h6-12,16H,5,13-15H2,1-4H3/t16-/m0/s1. The molecule has 0 radical (unpaired) electrons. The molecule has 10 heteroatoms. The van der Waals surface area contributed by atoms with Crippen LogP contribution in [0.5, 0.6) is 11.5 Å². The van der Waals surface area contributed by atoms with Crippen molar-refractivity contribution < 1.29 is 18.7 Å². The van der Waals surface area contributed by atoms with Gasteiger partial charge in [-0.25, -0.2) is 4.39 Å². The molecule has 180 valence electrons. The van der Waals surface area contributed by atoms with Gasteiger partial charge >= 0.3 is 0 Å². The molecule has 34 heavy (non-hydrogen) atoms. The number of hydrogen-bond donors (Lipinski definition) is 0. The maximum absolute atomic E-state index is 13.5. The topological polar surface area (TPSA) is 72.7 Å². The first-order chi connectivity index (χ1) is 16.4. The van der Waals surface area contributed by atoms with Gasteiger partial charge in [0.05, 0.1) is 11.8 Å². The first kappa shape index (κ1) is 24.0. The number of hydrogen-bond acceptors (Lipinski definition) is 7. The highest BCUT2D eigenvalue weighted by Crippen LogP contribution is 2.33. The number of nitrogens with zero attached hydrogens (tertiary/aromatic N) is 5. The van der Waals surface area contributed by atoms with Crippen LogP contribution in [-0.4, -0.2) is 63.7 Å². The van der Waals surface area contributed by atoms with Crippen molar-refractivity contribution in [3.05, 3.63) is 59.7 Å². The van der Waals surface area contributed by atoms with Gasteiger partial charge < -0.3 is 14.4 Å². The van der Waals surface area contributed by atoms with Gasteiger partial charge in [0.2, 0.25) is 12.7 Å². The van der Waals surface area contributed by atoms with E-state index in [9.17, 15) is 9.18 Å². The van der Waals surface area contributed by atoms with Crippen LogP contribution in [0, 0.1) is 5.82 Å². The molecule has 3 aromatic rings. The van der Waals surface area contributed by atoms with Crippen molar-refractivity contribution in [1.82, 2.24) is 24.6 Å². The van der Waals surface area contributed by atoms with Crippen LogP contribution in [0.15, 0.2) is 47.6 Å². The molecule has 0 aliphatic carbocycles. The average molecular weight is 486 g/mol. The van der Waals surface area contributed by atoms with Gasteiger partial charge in [-0.05, 0) is 69.9 Å². The molecular weight excluding hydrogens is 457 g/mol. The summed E-state index contributed by atoms with van der Waals surface area (Å²) < 4.78 is 26.2. The van der Waals surface area contributed by atoms with Crippen molar-refractivity contribution in [2.24, 2.45) is 0 Å². The Kier molecular flexibility index (Phi) is 7.38. The summed E-state index contributed by atoms with van der Waals surface area (Å²) in [5.41, 5.74) is 1.72. The van der Waals surface area contributed by atoms with E-state index in [2.05, 4.69) is 10.2 Å². The molecule has 0 spiro atoms. The monoisotopic (exact) mass is 485 g/mol. The number of carbonyl (C=O) groups is 1. The lowest BCUT2D eigenvalue weighted by molar-refractivity contribution is -0.128. The van der Waals surface area contributed by atoms with Crippen molar-refractivity contribution in [2.45, 2.75) is 31.6 Å². The molecule has 0 bridgehead atoms. The molecule has 0 saturated carbocycles. The Labute approximate surface area is 202 Å². The third kappa shape index (κ3) is 5.18. The molecular formula is C24H28FN5O3S. The second-order valence-electron chi connectivity index (χ2n) is 8.18. The zero-order chi connectivity index (χ0) is 24.2. The second-order valence-corrected chi connectivity index (χ2v) is 9.12. The average Bonchev–Trinajstić information content (AvgIpc) is 3.47. The SMILES string of the molecule is CCN(Cc1ccc2c(c1)OCO2)C(=O)CSc1nnc([C@H](C)N(C)C)n1-c1ccc(F)cc1. The van der Waals surface area contributed by atoms with E-state index in [4.69, 9.17) is 9.47 Å². The molecule has 2 aromatic carbocycles. The Bertz CT molecular complexity index is 1150. The molecule has 1 aliphatic heterocycles. The van der Waals surface area contributed by atoms with Gasteiger partial charge in [0.15, 0.2) is 22.5 Å². The Morgan fingerprint density at radius 1 is 1.15 bits per heavy atom. The van der Waals surface area contributed by atoms with Crippen molar-refractivity contribution in [1.29, 1.82) is 0 Å². The lowest BCUT2D eigenvalue weighted by Crippen LogP contribution is -2.31. The minimum atomic E-state index is -0.314. The van der Waals surface area contributed by atoms with E-state index in [-0.39, 0.29) is 30.3 Å².